The summed E-state index contributed by atoms with van der Waals surface area (Å²) in [5.74, 6) is 0. The predicted molar refractivity (Wildman–Crippen MR) is 59.9 cm³/mol. The second-order valence-corrected chi connectivity index (χ2v) is 4.90. The highest BCUT2D eigenvalue weighted by Crippen LogP contribution is 2.27. The number of aromatic nitrogens is 3. The number of hydrogen-bond donors (Lipinski definition) is 0. The Labute approximate surface area is 94.5 Å². The maximum Gasteiger partial charge on any atom is 0.174 e. The van der Waals surface area contributed by atoms with E-state index >= 15 is 0 Å². The molecule has 0 aliphatic heterocycles. The SMILES string of the molecule is CSc1nnc(-c2cc(Cl)ccn2)s1. The number of rotatable bonds is 2. The number of pyridine rings is 1. The van der Waals surface area contributed by atoms with Crippen LogP contribution in [0.1, 0.15) is 0 Å². The molecule has 0 amide bonds. The summed E-state index contributed by atoms with van der Waals surface area (Å²) in [5, 5.41) is 9.48. The molecule has 0 atom stereocenters. The molecule has 2 aromatic heterocycles. The average Bonchev–Trinajstić information content (AvgIpc) is 2.66. The molecule has 0 aromatic carbocycles. The largest absolute Gasteiger partial charge is 0.254 e. The number of halogens is 1. The summed E-state index contributed by atoms with van der Waals surface area (Å²) in [4.78, 5) is 4.17. The first-order valence-corrected chi connectivity index (χ1v) is 6.21. The molecule has 0 N–H and O–H groups in total. The van der Waals surface area contributed by atoms with Gasteiger partial charge in [-0.3, -0.25) is 4.98 Å². The molecular formula is C8H6ClN3S2. The van der Waals surface area contributed by atoms with Gasteiger partial charge in [-0.15, -0.1) is 10.2 Å². The molecule has 0 saturated carbocycles. The number of nitrogens with zero attached hydrogens (tertiary/aromatic N) is 3. The van der Waals surface area contributed by atoms with E-state index in [1.165, 1.54) is 11.3 Å². The van der Waals surface area contributed by atoms with E-state index in [9.17, 15) is 0 Å². The lowest BCUT2D eigenvalue weighted by molar-refractivity contribution is 1.01. The van der Waals surface area contributed by atoms with Crippen LogP contribution >= 0.6 is 34.7 Å². The molecule has 0 radical (unpaired) electrons. The summed E-state index contributed by atoms with van der Waals surface area (Å²) in [7, 11) is 0. The molecule has 72 valence electrons. The van der Waals surface area contributed by atoms with E-state index in [1.54, 1.807) is 30.1 Å². The highest BCUT2D eigenvalue weighted by atomic mass is 35.5. The zero-order valence-corrected chi connectivity index (χ0v) is 9.66. The molecule has 0 spiro atoms. The second kappa shape index (κ2) is 4.25. The van der Waals surface area contributed by atoms with E-state index in [-0.39, 0.29) is 0 Å². The number of thioether (sulfide) groups is 1. The summed E-state index contributed by atoms with van der Waals surface area (Å²) >= 11 is 8.93. The Balaban J connectivity index is 2.39. The third-order valence-corrected chi connectivity index (χ3v) is 3.68. The molecule has 2 heterocycles. The van der Waals surface area contributed by atoms with Gasteiger partial charge in [0.05, 0.1) is 0 Å². The van der Waals surface area contributed by atoms with Crippen molar-refractivity contribution in [1.82, 2.24) is 15.2 Å². The Kier molecular flexibility index (Phi) is 3.00. The fraction of sp³-hybridized carbons (Fsp3) is 0.125. The maximum absolute atomic E-state index is 5.85. The first-order chi connectivity index (χ1) is 6.79. The third kappa shape index (κ3) is 2.05. The summed E-state index contributed by atoms with van der Waals surface area (Å²) in [6, 6.07) is 3.52. The van der Waals surface area contributed by atoms with Crippen LogP contribution in [0.2, 0.25) is 5.02 Å². The molecular weight excluding hydrogens is 238 g/mol. The zero-order chi connectivity index (χ0) is 9.97. The quantitative estimate of drug-likeness (QED) is 0.761. The lowest BCUT2D eigenvalue weighted by atomic mass is 10.4. The zero-order valence-electron chi connectivity index (χ0n) is 7.27. The van der Waals surface area contributed by atoms with Crippen molar-refractivity contribution < 1.29 is 0 Å². The predicted octanol–water partition coefficient (Wildman–Crippen LogP) is 2.98. The minimum Gasteiger partial charge on any atom is -0.254 e. The van der Waals surface area contributed by atoms with Gasteiger partial charge >= 0.3 is 0 Å². The smallest absolute Gasteiger partial charge is 0.174 e. The molecule has 14 heavy (non-hydrogen) atoms. The van der Waals surface area contributed by atoms with Crippen molar-refractivity contribution >= 4 is 34.7 Å². The Hall–Kier alpha value is -0.650. The van der Waals surface area contributed by atoms with Gasteiger partial charge in [-0.25, -0.2) is 0 Å². The van der Waals surface area contributed by atoms with E-state index in [0.717, 1.165) is 15.0 Å². The van der Waals surface area contributed by atoms with Crippen molar-refractivity contribution in [2.75, 3.05) is 6.26 Å². The van der Waals surface area contributed by atoms with Gasteiger partial charge in [0, 0.05) is 11.2 Å². The molecule has 0 unspecified atom stereocenters. The molecule has 2 rings (SSSR count). The number of hydrogen-bond acceptors (Lipinski definition) is 5. The fourth-order valence-electron chi connectivity index (χ4n) is 0.917. The lowest BCUT2D eigenvalue weighted by Gasteiger charge is -1.93. The Morgan fingerprint density at radius 2 is 2.29 bits per heavy atom. The Morgan fingerprint density at radius 3 is 2.93 bits per heavy atom. The second-order valence-electron chi connectivity index (χ2n) is 2.44. The van der Waals surface area contributed by atoms with Gasteiger partial charge in [-0.2, -0.15) is 0 Å². The molecule has 0 saturated heterocycles. The third-order valence-electron chi connectivity index (χ3n) is 1.52. The van der Waals surface area contributed by atoms with Gasteiger partial charge < -0.3 is 0 Å². The van der Waals surface area contributed by atoms with Crippen LogP contribution in [0, 0.1) is 0 Å². The van der Waals surface area contributed by atoms with Crippen molar-refractivity contribution in [2.24, 2.45) is 0 Å². The van der Waals surface area contributed by atoms with E-state index < -0.39 is 0 Å². The van der Waals surface area contributed by atoms with Crippen LogP contribution in [-0.4, -0.2) is 21.4 Å². The van der Waals surface area contributed by atoms with Crippen LogP contribution in [0.15, 0.2) is 22.7 Å². The maximum atomic E-state index is 5.85. The van der Waals surface area contributed by atoms with Crippen LogP contribution in [0.5, 0.6) is 0 Å². The first-order valence-electron chi connectivity index (χ1n) is 3.79. The molecule has 6 heteroatoms. The molecule has 3 nitrogen and oxygen atoms in total. The minimum atomic E-state index is 0.663. The summed E-state index contributed by atoms with van der Waals surface area (Å²) in [6.07, 6.45) is 3.63. The van der Waals surface area contributed by atoms with Gasteiger partial charge in [-0.1, -0.05) is 34.7 Å². The Bertz CT molecular complexity index is 444. The summed E-state index contributed by atoms with van der Waals surface area (Å²) in [6.45, 7) is 0. The van der Waals surface area contributed by atoms with Gasteiger partial charge in [0.2, 0.25) is 0 Å². The monoisotopic (exact) mass is 243 g/mol. The van der Waals surface area contributed by atoms with Gasteiger partial charge in [0.1, 0.15) is 5.69 Å². The van der Waals surface area contributed by atoms with E-state index in [0.29, 0.717) is 5.02 Å². The standard InChI is InChI=1S/C8H6ClN3S2/c1-13-8-12-11-7(14-8)6-4-5(9)2-3-10-6/h2-4H,1H3. The van der Waals surface area contributed by atoms with E-state index in [2.05, 4.69) is 15.2 Å². The first kappa shape index (κ1) is 9.89. The molecule has 2 aromatic rings. The van der Waals surface area contributed by atoms with Crippen molar-refractivity contribution in [3.8, 4) is 10.7 Å². The van der Waals surface area contributed by atoms with E-state index in [4.69, 9.17) is 11.6 Å². The van der Waals surface area contributed by atoms with Crippen molar-refractivity contribution in [2.45, 2.75) is 4.34 Å². The summed E-state index contributed by atoms with van der Waals surface area (Å²) in [5.41, 5.74) is 0.773. The van der Waals surface area contributed by atoms with Crippen LogP contribution in [0.25, 0.3) is 10.7 Å². The molecule has 0 fully saturated rings. The van der Waals surface area contributed by atoms with Crippen molar-refractivity contribution in [3.05, 3.63) is 23.4 Å². The van der Waals surface area contributed by atoms with E-state index in [1.807, 2.05) is 6.26 Å². The lowest BCUT2D eigenvalue weighted by Crippen LogP contribution is -1.81. The van der Waals surface area contributed by atoms with Gasteiger partial charge in [0.15, 0.2) is 9.35 Å². The van der Waals surface area contributed by atoms with Crippen molar-refractivity contribution in [3.63, 3.8) is 0 Å². The van der Waals surface area contributed by atoms with Crippen LogP contribution < -0.4 is 0 Å². The van der Waals surface area contributed by atoms with Gasteiger partial charge in [0.25, 0.3) is 0 Å². The molecule has 0 aliphatic rings. The topological polar surface area (TPSA) is 38.7 Å². The molecule has 0 bridgehead atoms. The Morgan fingerprint density at radius 1 is 1.43 bits per heavy atom. The summed E-state index contributed by atoms with van der Waals surface area (Å²) < 4.78 is 0.932. The van der Waals surface area contributed by atoms with Crippen LogP contribution in [-0.2, 0) is 0 Å². The normalized spacial score (nSPS) is 10.4. The fourth-order valence-corrected chi connectivity index (χ4v) is 2.31. The van der Waals surface area contributed by atoms with Crippen LogP contribution in [0.3, 0.4) is 0 Å². The molecule has 0 aliphatic carbocycles. The average molecular weight is 244 g/mol. The highest BCUT2D eigenvalue weighted by Gasteiger charge is 2.06. The minimum absolute atomic E-state index is 0.663. The highest BCUT2D eigenvalue weighted by molar-refractivity contribution is 8.00. The van der Waals surface area contributed by atoms with Gasteiger partial charge in [-0.05, 0) is 18.4 Å². The van der Waals surface area contributed by atoms with Crippen LogP contribution in [0.4, 0.5) is 0 Å². The van der Waals surface area contributed by atoms with Crippen molar-refractivity contribution in [1.29, 1.82) is 0 Å².